The number of likely N-dealkylation sites (N-methyl/N-ethyl adjacent to an activating group) is 1. The number of amides is 1. The monoisotopic (exact) mass is 336 g/mol. The van der Waals surface area contributed by atoms with Crippen molar-refractivity contribution in [1.82, 2.24) is 10.2 Å². The maximum atomic E-state index is 12.1. The first-order chi connectivity index (χ1) is 9.58. The molecule has 0 saturated carbocycles. The molecule has 4 nitrogen and oxygen atoms in total. The smallest absolute Gasteiger partial charge is 0.251 e. The highest BCUT2D eigenvalue weighted by molar-refractivity contribution is 9.10. The van der Waals surface area contributed by atoms with Crippen LogP contribution in [0.1, 0.15) is 22.2 Å². The van der Waals surface area contributed by atoms with Crippen LogP contribution in [0.3, 0.4) is 0 Å². The van der Waals surface area contributed by atoms with Crippen LogP contribution in [0.25, 0.3) is 0 Å². The molecule has 1 atom stereocenters. The summed E-state index contributed by atoms with van der Waals surface area (Å²) in [6.07, 6.45) is 1.64. The molecular weight excluding hydrogens is 320 g/mol. The van der Waals surface area contributed by atoms with Crippen LogP contribution in [0.5, 0.6) is 0 Å². The fourth-order valence-electron chi connectivity index (χ4n) is 1.91. The van der Waals surface area contributed by atoms with E-state index in [0.717, 1.165) is 10.2 Å². The largest absolute Gasteiger partial charge is 0.468 e. The minimum absolute atomic E-state index is 0.0180. The molecule has 0 unspecified atom stereocenters. The zero-order chi connectivity index (χ0) is 14.5. The van der Waals surface area contributed by atoms with Gasteiger partial charge in [0.25, 0.3) is 5.91 Å². The zero-order valence-electron chi connectivity index (χ0n) is 11.5. The molecule has 1 amide bonds. The Labute approximate surface area is 126 Å². The Balaban J connectivity index is 1.99. The summed E-state index contributed by atoms with van der Waals surface area (Å²) < 4.78 is 6.37. The Morgan fingerprint density at radius 1 is 1.30 bits per heavy atom. The molecule has 1 aromatic heterocycles. The summed E-state index contributed by atoms with van der Waals surface area (Å²) in [7, 11) is 3.91. The average Bonchev–Trinajstić information content (AvgIpc) is 2.93. The van der Waals surface area contributed by atoms with E-state index in [4.69, 9.17) is 4.42 Å². The summed E-state index contributed by atoms with van der Waals surface area (Å²) in [5.41, 5.74) is 0.644. The number of nitrogens with zero attached hydrogens (tertiary/aromatic N) is 1. The van der Waals surface area contributed by atoms with E-state index in [2.05, 4.69) is 21.2 Å². The third-order valence-electron chi connectivity index (χ3n) is 3.06. The van der Waals surface area contributed by atoms with E-state index in [1.807, 2.05) is 43.3 Å². The highest BCUT2D eigenvalue weighted by atomic mass is 79.9. The Hall–Kier alpha value is -1.59. The topological polar surface area (TPSA) is 45.5 Å². The number of hydrogen-bond acceptors (Lipinski definition) is 3. The molecule has 0 aliphatic carbocycles. The third-order valence-corrected chi connectivity index (χ3v) is 3.59. The van der Waals surface area contributed by atoms with E-state index in [0.29, 0.717) is 12.1 Å². The standard InChI is InChI=1S/C15H17BrN2O2/c1-18(2)13(14-4-3-9-20-14)10-17-15(19)11-5-7-12(16)8-6-11/h3-9,13H,10H2,1-2H3,(H,17,19)/t13-/m0/s1. The predicted octanol–water partition coefficient (Wildman–Crippen LogP) is 3.07. The fourth-order valence-corrected chi connectivity index (χ4v) is 2.18. The highest BCUT2D eigenvalue weighted by Crippen LogP contribution is 2.18. The van der Waals surface area contributed by atoms with Gasteiger partial charge < -0.3 is 9.73 Å². The second-order valence-electron chi connectivity index (χ2n) is 4.71. The van der Waals surface area contributed by atoms with Gasteiger partial charge in [0.1, 0.15) is 5.76 Å². The number of carbonyl (C=O) groups is 1. The van der Waals surface area contributed by atoms with Gasteiger partial charge >= 0.3 is 0 Å². The minimum atomic E-state index is -0.0871. The molecule has 1 heterocycles. The quantitative estimate of drug-likeness (QED) is 0.912. The number of furan rings is 1. The number of hydrogen-bond donors (Lipinski definition) is 1. The number of halogens is 1. The molecule has 0 spiro atoms. The van der Waals surface area contributed by atoms with E-state index < -0.39 is 0 Å². The van der Waals surface area contributed by atoms with Crippen LogP contribution < -0.4 is 5.32 Å². The van der Waals surface area contributed by atoms with Crippen molar-refractivity contribution in [2.24, 2.45) is 0 Å². The lowest BCUT2D eigenvalue weighted by Crippen LogP contribution is -2.34. The van der Waals surface area contributed by atoms with Gasteiger partial charge in [-0.15, -0.1) is 0 Å². The van der Waals surface area contributed by atoms with Gasteiger partial charge in [0.05, 0.1) is 12.3 Å². The molecular formula is C15H17BrN2O2. The lowest BCUT2D eigenvalue weighted by molar-refractivity contribution is 0.0939. The van der Waals surface area contributed by atoms with Gasteiger partial charge in [-0.05, 0) is 50.5 Å². The van der Waals surface area contributed by atoms with Crippen LogP contribution in [-0.2, 0) is 0 Å². The van der Waals surface area contributed by atoms with Gasteiger partial charge in [-0.25, -0.2) is 0 Å². The van der Waals surface area contributed by atoms with Gasteiger partial charge in [-0.3, -0.25) is 9.69 Å². The molecule has 0 aliphatic heterocycles. The summed E-state index contributed by atoms with van der Waals surface area (Å²) in [5, 5.41) is 2.93. The molecule has 0 fully saturated rings. The normalized spacial score (nSPS) is 12.4. The SMILES string of the molecule is CN(C)[C@@H](CNC(=O)c1ccc(Br)cc1)c1ccco1. The van der Waals surface area contributed by atoms with Crippen LogP contribution in [-0.4, -0.2) is 31.4 Å². The molecule has 2 aromatic rings. The summed E-state index contributed by atoms with van der Waals surface area (Å²) in [4.78, 5) is 14.1. The summed E-state index contributed by atoms with van der Waals surface area (Å²) in [6, 6.07) is 11.1. The first-order valence-corrected chi connectivity index (χ1v) is 7.11. The molecule has 2 rings (SSSR count). The van der Waals surface area contributed by atoms with Crippen LogP contribution in [0.15, 0.2) is 51.6 Å². The van der Waals surface area contributed by atoms with E-state index in [1.54, 1.807) is 18.4 Å². The minimum Gasteiger partial charge on any atom is -0.468 e. The van der Waals surface area contributed by atoms with Gasteiger partial charge in [0.15, 0.2) is 0 Å². The number of rotatable bonds is 5. The zero-order valence-corrected chi connectivity index (χ0v) is 13.1. The predicted molar refractivity (Wildman–Crippen MR) is 81.6 cm³/mol. The van der Waals surface area contributed by atoms with Crippen LogP contribution >= 0.6 is 15.9 Å². The second-order valence-corrected chi connectivity index (χ2v) is 5.63. The van der Waals surface area contributed by atoms with Gasteiger partial charge in [-0.2, -0.15) is 0 Å². The third kappa shape index (κ3) is 3.71. The number of nitrogens with one attached hydrogen (secondary N) is 1. The Kier molecular flexibility index (Phi) is 4.98. The van der Waals surface area contributed by atoms with Crippen molar-refractivity contribution in [3.05, 3.63) is 58.5 Å². The number of carbonyl (C=O) groups excluding carboxylic acids is 1. The fraction of sp³-hybridized carbons (Fsp3) is 0.267. The Morgan fingerprint density at radius 2 is 2.00 bits per heavy atom. The van der Waals surface area contributed by atoms with Crippen molar-refractivity contribution in [1.29, 1.82) is 0 Å². The summed E-state index contributed by atoms with van der Waals surface area (Å²) >= 11 is 3.35. The highest BCUT2D eigenvalue weighted by Gasteiger charge is 2.18. The molecule has 1 N–H and O–H groups in total. The first-order valence-electron chi connectivity index (χ1n) is 6.31. The second kappa shape index (κ2) is 6.72. The van der Waals surface area contributed by atoms with E-state index >= 15 is 0 Å². The van der Waals surface area contributed by atoms with Gasteiger partial charge in [0.2, 0.25) is 0 Å². The van der Waals surface area contributed by atoms with Gasteiger partial charge in [0, 0.05) is 16.6 Å². The summed E-state index contributed by atoms with van der Waals surface area (Å²) in [5.74, 6) is 0.752. The van der Waals surface area contributed by atoms with E-state index in [9.17, 15) is 4.79 Å². The van der Waals surface area contributed by atoms with Crippen LogP contribution in [0, 0.1) is 0 Å². The van der Waals surface area contributed by atoms with E-state index in [-0.39, 0.29) is 11.9 Å². The summed E-state index contributed by atoms with van der Waals surface area (Å²) in [6.45, 7) is 0.495. The maximum absolute atomic E-state index is 12.1. The molecule has 0 saturated heterocycles. The molecule has 1 aromatic carbocycles. The molecule has 0 radical (unpaired) electrons. The Bertz CT molecular complexity index is 550. The average molecular weight is 337 g/mol. The lowest BCUT2D eigenvalue weighted by atomic mass is 10.2. The van der Waals surface area contributed by atoms with Crippen molar-refractivity contribution < 1.29 is 9.21 Å². The van der Waals surface area contributed by atoms with Crippen molar-refractivity contribution in [3.8, 4) is 0 Å². The van der Waals surface area contributed by atoms with Crippen molar-refractivity contribution in [2.75, 3.05) is 20.6 Å². The molecule has 0 bridgehead atoms. The van der Waals surface area contributed by atoms with E-state index in [1.165, 1.54) is 0 Å². The lowest BCUT2D eigenvalue weighted by Gasteiger charge is -2.22. The van der Waals surface area contributed by atoms with Crippen LogP contribution in [0.4, 0.5) is 0 Å². The maximum Gasteiger partial charge on any atom is 0.251 e. The molecule has 0 aliphatic rings. The van der Waals surface area contributed by atoms with Crippen molar-refractivity contribution >= 4 is 21.8 Å². The van der Waals surface area contributed by atoms with Crippen molar-refractivity contribution in [3.63, 3.8) is 0 Å². The first kappa shape index (κ1) is 14.8. The van der Waals surface area contributed by atoms with Crippen LogP contribution in [0.2, 0.25) is 0 Å². The molecule has 20 heavy (non-hydrogen) atoms. The van der Waals surface area contributed by atoms with Crippen molar-refractivity contribution in [2.45, 2.75) is 6.04 Å². The number of benzene rings is 1. The molecule has 5 heteroatoms. The van der Waals surface area contributed by atoms with Gasteiger partial charge in [-0.1, -0.05) is 15.9 Å². The Morgan fingerprint density at radius 3 is 2.55 bits per heavy atom. The molecule has 106 valence electrons.